The molecule has 47 valence electrons. The fraction of sp³-hybridized carbons (Fsp3) is 0. The third kappa shape index (κ3) is 1.64. The molecule has 0 N–H and O–H groups in total. The van der Waals surface area contributed by atoms with Crippen molar-refractivity contribution in [3.63, 3.8) is 0 Å². The van der Waals surface area contributed by atoms with Crippen molar-refractivity contribution >= 4 is 0 Å². The van der Waals surface area contributed by atoms with Crippen molar-refractivity contribution in [1.82, 2.24) is 9.97 Å². The highest BCUT2D eigenvalue weighted by molar-refractivity contribution is 4.93. The van der Waals surface area contributed by atoms with Crippen LogP contribution >= 0.6 is 0 Å². The first-order valence-electron chi connectivity index (χ1n) is 2.29. The van der Waals surface area contributed by atoms with E-state index >= 15 is 0 Å². The molecule has 0 aliphatic heterocycles. The van der Waals surface area contributed by atoms with Crippen LogP contribution in [0.5, 0.6) is 6.01 Å². The Morgan fingerprint density at radius 1 is 1.44 bits per heavy atom. The lowest BCUT2D eigenvalue weighted by Gasteiger charge is -1.92. The summed E-state index contributed by atoms with van der Waals surface area (Å²) in [4.78, 5) is 7.13. The third-order valence-corrected chi connectivity index (χ3v) is 0.692. The maximum Gasteiger partial charge on any atom is 0.319 e. The topological polar surface area (TPSA) is 35.0 Å². The van der Waals surface area contributed by atoms with E-state index in [4.69, 9.17) is 0 Å². The van der Waals surface area contributed by atoms with Crippen LogP contribution in [0.4, 0.5) is 4.39 Å². The van der Waals surface area contributed by atoms with Crippen LogP contribution in [0.15, 0.2) is 18.5 Å². The first-order valence-corrected chi connectivity index (χ1v) is 2.29. The lowest BCUT2D eigenvalue weighted by molar-refractivity contribution is 0.267. The summed E-state index contributed by atoms with van der Waals surface area (Å²) in [5.74, 6) is 0. The van der Waals surface area contributed by atoms with Gasteiger partial charge in [0.1, 0.15) is 0 Å². The van der Waals surface area contributed by atoms with Gasteiger partial charge in [0.15, 0.2) is 0 Å². The minimum atomic E-state index is 0.0139. The Labute approximate surface area is 51.5 Å². The molecule has 0 bridgehead atoms. The van der Waals surface area contributed by atoms with Gasteiger partial charge in [-0.25, -0.2) is 9.97 Å². The van der Waals surface area contributed by atoms with Crippen LogP contribution in [0.25, 0.3) is 0 Å². The molecule has 1 aromatic rings. The van der Waals surface area contributed by atoms with E-state index in [2.05, 4.69) is 14.7 Å². The van der Waals surface area contributed by atoms with Crippen LogP contribution in [0.2, 0.25) is 0 Å². The molecule has 1 heterocycles. The zero-order valence-electron chi connectivity index (χ0n) is 4.49. The normalized spacial score (nSPS) is 9.00. The molecular weight excluding hydrogens is 123 g/mol. The Bertz CT molecular complexity index is 168. The highest BCUT2D eigenvalue weighted by Crippen LogP contribution is 1.98. The molecule has 0 aliphatic carbocycles. The predicted octanol–water partition coefficient (Wildman–Crippen LogP) is 0.944. The predicted molar refractivity (Wildman–Crippen MR) is 28.1 cm³/mol. The van der Waals surface area contributed by atoms with Gasteiger partial charge in [-0.2, -0.15) is 4.39 Å². The van der Waals surface area contributed by atoms with Gasteiger partial charge in [0.2, 0.25) is 0 Å². The number of nitrogens with zero attached hydrogens (tertiary/aromatic N) is 2. The van der Waals surface area contributed by atoms with E-state index in [1.54, 1.807) is 6.07 Å². The standard InChI is InChI=1S/C5H4FN2O/c6-4-9-5-7-2-1-3-8-5/h1-4H. The maximum atomic E-state index is 11.3. The van der Waals surface area contributed by atoms with Crippen molar-refractivity contribution in [2.24, 2.45) is 0 Å². The van der Waals surface area contributed by atoms with Gasteiger partial charge in [0, 0.05) is 12.4 Å². The van der Waals surface area contributed by atoms with Gasteiger partial charge in [-0.05, 0) is 6.07 Å². The van der Waals surface area contributed by atoms with E-state index in [0.717, 1.165) is 0 Å². The zero-order chi connectivity index (χ0) is 6.53. The first kappa shape index (κ1) is 5.94. The van der Waals surface area contributed by atoms with Gasteiger partial charge in [-0.15, -0.1) is 0 Å². The van der Waals surface area contributed by atoms with Gasteiger partial charge in [0.05, 0.1) is 0 Å². The van der Waals surface area contributed by atoms with E-state index < -0.39 is 0 Å². The molecule has 3 nitrogen and oxygen atoms in total. The molecule has 0 unspecified atom stereocenters. The summed E-state index contributed by atoms with van der Waals surface area (Å²) >= 11 is 0. The minimum Gasteiger partial charge on any atom is -0.422 e. The number of aromatic nitrogens is 2. The van der Waals surface area contributed by atoms with E-state index in [1.807, 2.05) is 0 Å². The van der Waals surface area contributed by atoms with Gasteiger partial charge in [0.25, 0.3) is 0 Å². The summed E-state index contributed by atoms with van der Waals surface area (Å²) in [5, 5.41) is 0. The molecular formula is C5H4FN2O. The fourth-order valence-electron chi connectivity index (χ4n) is 0.386. The average molecular weight is 127 g/mol. The molecule has 1 radical (unpaired) electrons. The SMILES string of the molecule is F[CH]Oc1ncccn1. The fourth-order valence-corrected chi connectivity index (χ4v) is 0.386. The summed E-state index contributed by atoms with van der Waals surface area (Å²) in [6.07, 6.45) is 2.93. The molecule has 0 aliphatic rings. The van der Waals surface area contributed by atoms with Gasteiger partial charge in [-0.1, -0.05) is 0 Å². The first-order chi connectivity index (χ1) is 4.43. The highest BCUT2D eigenvalue weighted by atomic mass is 19.1. The summed E-state index contributed by atoms with van der Waals surface area (Å²) in [7, 11) is 0. The smallest absolute Gasteiger partial charge is 0.319 e. The van der Waals surface area contributed by atoms with Crippen LogP contribution in [-0.2, 0) is 0 Å². The molecule has 0 atom stereocenters. The molecule has 4 heteroatoms. The van der Waals surface area contributed by atoms with Gasteiger partial charge >= 0.3 is 12.9 Å². The van der Waals surface area contributed by atoms with Gasteiger partial charge in [-0.3, -0.25) is 0 Å². The van der Waals surface area contributed by atoms with Crippen LogP contribution in [0, 0.1) is 6.86 Å². The Kier molecular flexibility index (Phi) is 1.95. The van der Waals surface area contributed by atoms with E-state index in [1.165, 1.54) is 12.4 Å². The summed E-state index contributed by atoms with van der Waals surface area (Å²) in [6.45, 7) is 0.0370. The second kappa shape index (κ2) is 2.96. The number of hydrogen-bond acceptors (Lipinski definition) is 3. The molecule has 0 spiro atoms. The van der Waals surface area contributed by atoms with Crippen molar-refractivity contribution in [3.8, 4) is 6.01 Å². The molecule has 0 saturated carbocycles. The Hall–Kier alpha value is -1.19. The molecule has 0 fully saturated rings. The van der Waals surface area contributed by atoms with Gasteiger partial charge < -0.3 is 4.74 Å². The zero-order valence-corrected chi connectivity index (χ0v) is 4.49. The maximum absolute atomic E-state index is 11.3. The molecule has 9 heavy (non-hydrogen) atoms. The summed E-state index contributed by atoms with van der Waals surface area (Å²) in [5.41, 5.74) is 0. The molecule has 0 aromatic carbocycles. The molecule has 0 saturated heterocycles. The number of hydrogen-bond donors (Lipinski definition) is 0. The van der Waals surface area contributed by atoms with E-state index in [9.17, 15) is 4.39 Å². The molecule has 0 amide bonds. The lowest BCUT2D eigenvalue weighted by atomic mass is 10.7. The second-order valence-corrected chi connectivity index (χ2v) is 1.24. The Balaban J connectivity index is 2.61. The van der Waals surface area contributed by atoms with Crippen molar-refractivity contribution in [1.29, 1.82) is 0 Å². The van der Waals surface area contributed by atoms with E-state index in [0.29, 0.717) is 0 Å². The van der Waals surface area contributed by atoms with Crippen molar-refractivity contribution in [2.75, 3.05) is 0 Å². The van der Waals surface area contributed by atoms with Crippen molar-refractivity contribution in [3.05, 3.63) is 25.3 Å². The number of ether oxygens (including phenoxy) is 1. The van der Waals surface area contributed by atoms with Crippen LogP contribution in [-0.4, -0.2) is 9.97 Å². The number of rotatable bonds is 2. The van der Waals surface area contributed by atoms with E-state index in [-0.39, 0.29) is 12.9 Å². The largest absolute Gasteiger partial charge is 0.422 e. The molecule has 1 aromatic heterocycles. The quantitative estimate of drug-likeness (QED) is 0.593. The lowest BCUT2D eigenvalue weighted by Crippen LogP contribution is -1.89. The Morgan fingerprint density at radius 2 is 2.11 bits per heavy atom. The number of halogens is 1. The monoisotopic (exact) mass is 127 g/mol. The second-order valence-electron chi connectivity index (χ2n) is 1.24. The Morgan fingerprint density at radius 3 is 2.67 bits per heavy atom. The summed E-state index contributed by atoms with van der Waals surface area (Å²) in [6, 6.07) is 1.63. The van der Waals surface area contributed by atoms with Crippen molar-refractivity contribution < 1.29 is 9.13 Å². The van der Waals surface area contributed by atoms with Crippen molar-refractivity contribution in [2.45, 2.75) is 0 Å². The molecule has 1 rings (SSSR count). The minimum absolute atomic E-state index is 0.0139. The van der Waals surface area contributed by atoms with Crippen LogP contribution in [0.1, 0.15) is 0 Å². The van der Waals surface area contributed by atoms with Crippen LogP contribution in [0.3, 0.4) is 0 Å². The highest BCUT2D eigenvalue weighted by Gasteiger charge is 1.90. The summed E-state index contributed by atoms with van der Waals surface area (Å²) < 4.78 is 15.4. The average Bonchev–Trinajstić information content (AvgIpc) is 1.91. The third-order valence-electron chi connectivity index (χ3n) is 0.692. The van der Waals surface area contributed by atoms with Crippen LogP contribution < -0.4 is 4.74 Å².